The number of nitrogens with one attached hydrogen (secondary N) is 2. The number of ether oxygens (including phenoxy) is 2. The lowest BCUT2D eigenvalue weighted by molar-refractivity contribution is 0.355. The van der Waals surface area contributed by atoms with Crippen LogP contribution in [0.4, 0.5) is 0 Å². The molecule has 27 heavy (non-hydrogen) atoms. The third-order valence-corrected chi connectivity index (χ3v) is 5.09. The van der Waals surface area contributed by atoms with Gasteiger partial charge in [-0.05, 0) is 36.3 Å². The Labute approximate surface area is 160 Å². The highest BCUT2D eigenvalue weighted by molar-refractivity contribution is 7.71. The first-order chi connectivity index (χ1) is 13.1. The van der Waals surface area contributed by atoms with Crippen molar-refractivity contribution < 1.29 is 9.47 Å². The summed E-state index contributed by atoms with van der Waals surface area (Å²) >= 11 is 5.43. The molecule has 7 heteroatoms. The number of para-hydroxylation sites is 1. The molecule has 0 spiro atoms. The number of fused-ring (bicyclic) bond motifs is 2. The molecule has 0 amide bonds. The van der Waals surface area contributed by atoms with E-state index in [2.05, 4.69) is 16.0 Å². The Morgan fingerprint density at radius 2 is 1.78 bits per heavy atom. The number of aromatic amines is 2. The van der Waals surface area contributed by atoms with Gasteiger partial charge in [-0.2, -0.15) is 0 Å². The lowest BCUT2D eigenvalue weighted by atomic mass is 10.1. The first-order valence-electron chi connectivity index (χ1n) is 8.56. The maximum absolute atomic E-state index is 13.0. The zero-order valence-corrected chi connectivity index (χ0v) is 15.9. The van der Waals surface area contributed by atoms with Gasteiger partial charge in [0.25, 0.3) is 5.56 Å². The Hall–Kier alpha value is -3.06. The Balaban J connectivity index is 1.75. The average Bonchev–Trinajstić information content (AvgIpc) is 3.10. The molecule has 0 atom stereocenters. The topological polar surface area (TPSA) is 72.0 Å². The number of rotatable bonds is 5. The molecule has 0 saturated carbocycles. The second-order valence-corrected chi connectivity index (χ2v) is 6.64. The van der Waals surface area contributed by atoms with E-state index in [1.807, 2.05) is 24.4 Å². The molecule has 6 nitrogen and oxygen atoms in total. The van der Waals surface area contributed by atoms with Gasteiger partial charge in [-0.1, -0.05) is 18.2 Å². The summed E-state index contributed by atoms with van der Waals surface area (Å²) in [7, 11) is 3.10. The van der Waals surface area contributed by atoms with E-state index in [9.17, 15) is 4.79 Å². The van der Waals surface area contributed by atoms with Crippen molar-refractivity contribution in [3.05, 3.63) is 63.3 Å². The van der Waals surface area contributed by atoms with Crippen molar-refractivity contribution in [2.45, 2.75) is 13.0 Å². The van der Waals surface area contributed by atoms with Crippen LogP contribution in [-0.4, -0.2) is 28.8 Å². The van der Waals surface area contributed by atoms with Crippen molar-refractivity contribution in [1.29, 1.82) is 0 Å². The summed E-state index contributed by atoms with van der Waals surface area (Å²) in [4.78, 5) is 19.4. The van der Waals surface area contributed by atoms with Crippen LogP contribution >= 0.6 is 12.2 Å². The van der Waals surface area contributed by atoms with E-state index in [0.29, 0.717) is 40.1 Å². The highest BCUT2D eigenvalue weighted by Crippen LogP contribution is 2.30. The minimum atomic E-state index is -0.144. The minimum Gasteiger partial charge on any atom is -0.493 e. The molecule has 2 N–H and O–H groups in total. The Bertz CT molecular complexity index is 1250. The number of H-pyrrole nitrogens is 2. The molecule has 0 radical (unpaired) electrons. The van der Waals surface area contributed by atoms with Gasteiger partial charge in [-0.15, -0.1) is 0 Å². The fraction of sp³-hybridized carbons (Fsp3) is 0.200. The molecule has 2 aromatic heterocycles. The van der Waals surface area contributed by atoms with Crippen molar-refractivity contribution in [3.8, 4) is 11.5 Å². The molecular weight excluding hydrogens is 362 g/mol. The van der Waals surface area contributed by atoms with E-state index in [-0.39, 0.29) is 5.56 Å². The van der Waals surface area contributed by atoms with Gasteiger partial charge in [0, 0.05) is 29.7 Å². The van der Waals surface area contributed by atoms with Gasteiger partial charge in [-0.25, -0.2) is 0 Å². The van der Waals surface area contributed by atoms with Crippen molar-refractivity contribution in [2.24, 2.45) is 0 Å². The van der Waals surface area contributed by atoms with Crippen molar-refractivity contribution in [3.63, 3.8) is 0 Å². The predicted molar refractivity (Wildman–Crippen MR) is 108 cm³/mol. The fourth-order valence-electron chi connectivity index (χ4n) is 3.35. The van der Waals surface area contributed by atoms with Gasteiger partial charge in [0.2, 0.25) is 0 Å². The largest absolute Gasteiger partial charge is 0.493 e. The zero-order valence-electron chi connectivity index (χ0n) is 15.0. The third kappa shape index (κ3) is 3.00. The molecule has 2 heterocycles. The number of aryl methyl sites for hydroxylation is 1. The van der Waals surface area contributed by atoms with Crippen molar-refractivity contribution in [2.75, 3.05) is 14.2 Å². The van der Waals surface area contributed by atoms with Crippen LogP contribution < -0.4 is 15.0 Å². The summed E-state index contributed by atoms with van der Waals surface area (Å²) in [5.41, 5.74) is 2.72. The van der Waals surface area contributed by atoms with Gasteiger partial charge in [0.15, 0.2) is 16.3 Å². The Kier molecular flexibility index (Phi) is 4.45. The maximum Gasteiger partial charge on any atom is 0.262 e. The highest BCUT2D eigenvalue weighted by atomic mass is 32.1. The summed E-state index contributed by atoms with van der Waals surface area (Å²) in [5, 5.41) is 1.67. The molecule has 0 saturated heterocycles. The lowest BCUT2D eigenvalue weighted by Gasteiger charge is -2.11. The molecule has 2 aromatic carbocycles. The van der Waals surface area contributed by atoms with E-state index in [1.165, 1.54) is 0 Å². The van der Waals surface area contributed by atoms with E-state index < -0.39 is 0 Å². The summed E-state index contributed by atoms with van der Waals surface area (Å²) in [6.07, 6.45) is 2.68. The molecule has 0 bridgehead atoms. The summed E-state index contributed by atoms with van der Waals surface area (Å²) in [6, 6.07) is 11.5. The molecule has 4 aromatic rings. The van der Waals surface area contributed by atoms with E-state index in [0.717, 1.165) is 16.5 Å². The Morgan fingerprint density at radius 3 is 2.56 bits per heavy atom. The maximum atomic E-state index is 13.0. The van der Waals surface area contributed by atoms with Crippen LogP contribution in [-0.2, 0) is 13.0 Å². The third-order valence-electron chi connectivity index (χ3n) is 4.77. The van der Waals surface area contributed by atoms with Crippen LogP contribution in [0.5, 0.6) is 11.5 Å². The molecule has 0 aliphatic heterocycles. The van der Waals surface area contributed by atoms with Crippen LogP contribution in [0.1, 0.15) is 5.56 Å². The van der Waals surface area contributed by atoms with Gasteiger partial charge in [0.1, 0.15) is 0 Å². The van der Waals surface area contributed by atoms with Crippen LogP contribution in [0.15, 0.2) is 47.4 Å². The van der Waals surface area contributed by atoms with Crippen molar-refractivity contribution in [1.82, 2.24) is 14.5 Å². The normalized spacial score (nSPS) is 11.2. The van der Waals surface area contributed by atoms with Crippen LogP contribution in [0.25, 0.3) is 21.8 Å². The standard InChI is InChI=1S/C20H19N3O3S/c1-25-17-9-14-16(10-18(17)26-2)22-20(27)23(19(14)24)8-7-12-11-21-15-6-4-3-5-13(12)15/h3-6,9-11,21H,7-8H2,1-2H3,(H,22,27). The Morgan fingerprint density at radius 1 is 1.04 bits per heavy atom. The SMILES string of the molecule is COc1cc2[nH]c(=S)n(CCc3c[nH]c4ccccc34)c(=O)c2cc1OC. The number of hydrogen-bond acceptors (Lipinski definition) is 4. The van der Waals surface area contributed by atoms with Crippen LogP contribution in [0, 0.1) is 4.77 Å². The molecule has 0 fully saturated rings. The fourth-order valence-corrected chi connectivity index (χ4v) is 3.64. The highest BCUT2D eigenvalue weighted by Gasteiger charge is 2.12. The summed E-state index contributed by atoms with van der Waals surface area (Å²) in [5.74, 6) is 1.06. The smallest absolute Gasteiger partial charge is 0.262 e. The molecule has 0 aliphatic rings. The molecular formula is C20H19N3O3S. The van der Waals surface area contributed by atoms with E-state index >= 15 is 0 Å². The lowest BCUT2D eigenvalue weighted by Crippen LogP contribution is -2.23. The number of hydrogen-bond donors (Lipinski definition) is 2. The van der Waals surface area contributed by atoms with E-state index in [1.54, 1.807) is 30.9 Å². The van der Waals surface area contributed by atoms with Gasteiger partial charge in [-0.3, -0.25) is 9.36 Å². The summed E-state index contributed by atoms with van der Waals surface area (Å²) in [6.45, 7) is 0.486. The van der Waals surface area contributed by atoms with Gasteiger partial charge < -0.3 is 19.4 Å². The average molecular weight is 381 g/mol. The quantitative estimate of drug-likeness (QED) is 0.516. The van der Waals surface area contributed by atoms with Gasteiger partial charge in [0.05, 0.1) is 25.1 Å². The molecule has 0 unspecified atom stereocenters. The van der Waals surface area contributed by atoms with Gasteiger partial charge >= 0.3 is 0 Å². The predicted octanol–water partition coefficient (Wildman–Crippen LogP) is 3.80. The molecule has 138 valence electrons. The number of nitrogens with zero attached hydrogens (tertiary/aromatic N) is 1. The summed E-state index contributed by atoms with van der Waals surface area (Å²) < 4.78 is 12.6. The first kappa shape index (κ1) is 17.4. The monoisotopic (exact) mass is 381 g/mol. The second kappa shape index (κ2) is 6.92. The zero-order chi connectivity index (χ0) is 19.0. The first-order valence-corrected chi connectivity index (χ1v) is 8.97. The molecule has 0 aliphatic carbocycles. The number of benzene rings is 2. The number of aromatic nitrogens is 3. The van der Waals surface area contributed by atoms with E-state index in [4.69, 9.17) is 21.7 Å². The van der Waals surface area contributed by atoms with Crippen molar-refractivity contribution >= 4 is 34.0 Å². The van der Waals surface area contributed by atoms with Crippen LogP contribution in [0.2, 0.25) is 0 Å². The minimum absolute atomic E-state index is 0.144. The number of methoxy groups -OCH3 is 2. The second-order valence-electron chi connectivity index (χ2n) is 6.25. The van der Waals surface area contributed by atoms with Crippen LogP contribution in [0.3, 0.4) is 0 Å². The molecule has 4 rings (SSSR count).